The van der Waals surface area contributed by atoms with Crippen LogP contribution in [0.15, 0.2) is 77.5 Å². The molecule has 0 radical (unpaired) electrons. The number of rotatable bonds is 8. The predicted molar refractivity (Wildman–Crippen MR) is 121 cm³/mol. The molecular weight excluding hydrogens is 424 g/mol. The highest BCUT2D eigenvalue weighted by atomic mass is 16.5. The fourth-order valence-electron chi connectivity index (χ4n) is 3.06. The van der Waals surface area contributed by atoms with Crippen LogP contribution in [0.25, 0.3) is 11.3 Å². The Morgan fingerprint density at radius 3 is 2.55 bits per heavy atom. The summed E-state index contributed by atoms with van der Waals surface area (Å²) in [6, 6.07) is 17.0. The van der Waals surface area contributed by atoms with Crippen molar-refractivity contribution in [2.75, 3.05) is 12.4 Å². The topological polar surface area (TPSA) is 127 Å². The van der Waals surface area contributed by atoms with Crippen molar-refractivity contribution in [2.45, 2.75) is 6.54 Å². The number of carboxylic acid groups (broad SMARTS) is 1. The summed E-state index contributed by atoms with van der Waals surface area (Å²) in [7, 11) is 1.51. The van der Waals surface area contributed by atoms with Gasteiger partial charge in [0.25, 0.3) is 11.9 Å². The Kier molecular flexibility index (Phi) is 6.31. The van der Waals surface area contributed by atoms with Crippen molar-refractivity contribution < 1.29 is 23.8 Å². The lowest BCUT2D eigenvalue weighted by molar-refractivity contribution is 0.0696. The second-order valence-electron chi connectivity index (χ2n) is 6.99. The lowest BCUT2D eigenvalue weighted by atomic mass is 10.1. The predicted octanol–water partition coefficient (Wildman–Crippen LogP) is 4.12. The van der Waals surface area contributed by atoms with E-state index in [1.165, 1.54) is 25.4 Å². The quantitative estimate of drug-likeness (QED) is 0.370. The number of nitrogens with zero attached hydrogens (tertiary/aromatic N) is 2. The Morgan fingerprint density at radius 2 is 1.85 bits per heavy atom. The Morgan fingerprint density at radius 1 is 1.03 bits per heavy atom. The molecule has 0 saturated carbocycles. The van der Waals surface area contributed by atoms with Crippen LogP contribution < -0.4 is 15.4 Å². The summed E-state index contributed by atoms with van der Waals surface area (Å²) >= 11 is 0. The van der Waals surface area contributed by atoms with Crippen LogP contribution in [-0.4, -0.2) is 34.1 Å². The summed E-state index contributed by atoms with van der Waals surface area (Å²) < 4.78 is 11.1. The Bertz CT molecular complexity index is 1270. The number of pyridine rings is 1. The van der Waals surface area contributed by atoms with E-state index in [1.54, 1.807) is 36.5 Å². The van der Waals surface area contributed by atoms with Crippen molar-refractivity contribution in [3.05, 3.63) is 89.9 Å². The van der Waals surface area contributed by atoms with E-state index in [2.05, 4.69) is 20.6 Å². The van der Waals surface area contributed by atoms with Gasteiger partial charge in [0.1, 0.15) is 5.75 Å². The Balaban J connectivity index is 1.49. The van der Waals surface area contributed by atoms with Crippen LogP contribution in [0.4, 0.5) is 11.7 Å². The molecule has 2 aromatic carbocycles. The Labute approximate surface area is 189 Å². The molecule has 0 bridgehead atoms. The SMILES string of the molecule is COc1cc(Nc2ncc(-c3ccc(C(=O)O)cc3)o2)cc(C(=O)NCc2ccccn2)c1. The first-order valence-electron chi connectivity index (χ1n) is 9.95. The molecule has 0 unspecified atom stereocenters. The normalized spacial score (nSPS) is 10.5. The van der Waals surface area contributed by atoms with Crippen LogP contribution >= 0.6 is 0 Å². The standard InChI is InChI=1S/C24H20N4O5/c1-32-20-11-17(22(29)26-13-18-4-2-3-9-25-18)10-19(12-20)28-24-27-14-21(33-24)15-5-7-16(8-6-15)23(30)31/h2-12,14H,13H2,1H3,(H,26,29)(H,27,28)(H,30,31). The number of aromatic nitrogens is 2. The lowest BCUT2D eigenvalue weighted by Crippen LogP contribution is -2.23. The summed E-state index contributed by atoms with van der Waals surface area (Å²) in [6.07, 6.45) is 3.19. The highest BCUT2D eigenvalue weighted by molar-refractivity contribution is 5.95. The van der Waals surface area contributed by atoms with E-state index in [-0.39, 0.29) is 17.5 Å². The smallest absolute Gasteiger partial charge is 0.335 e. The average Bonchev–Trinajstić information content (AvgIpc) is 3.31. The average molecular weight is 444 g/mol. The molecule has 9 heteroatoms. The number of carbonyl (C=O) groups excluding carboxylic acids is 1. The van der Waals surface area contributed by atoms with Crippen LogP contribution in [0.2, 0.25) is 0 Å². The van der Waals surface area contributed by atoms with E-state index in [1.807, 2.05) is 18.2 Å². The molecule has 2 aromatic heterocycles. The van der Waals surface area contributed by atoms with Gasteiger partial charge in [-0.2, -0.15) is 0 Å². The van der Waals surface area contributed by atoms with Gasteiger partial charge in [-0.3, -0.25) is 9.78 Å². The molecular formula is C24H20N4O5. The monoisotopic (exact) mass is 444 g/mol. The molecule has 4 rings (SSSR count). The summed E-state index contributed by atoms with van der Waals surface area (Å²) in [5.74, 6) is -0.335. The van der Waals surface area contributed by atoms with Crippen molar-refractivity contribution in [2.24, 2.45) is 0 Å². The number of hydrogen-bond acceptors (Lipinski definition) is 7. The third-order valence-corrected chi connectivity index (χ3v) is 4.73. The molecule has 0 spiro atoms. The van der Waals surface area contributed by atoms with Gasteiger partial charge < -0.3 is 24.9 Å². The number of carboxylic acids is 1. The lowest BCUT2D eigenvalue weighted by Gasteiger charge is -2.10. The number of anilines is 2. The highest BCUT2D eigenvalue weighted by Gasteiger charge is 2.13. The first-order chi connectivity index (χ1) is 16.0. The van der Waals surface area contributed by atoms with E-state index >= 15 is 0 Å². The van der Waals surface area contributed by atoms with Crippen molar-refractivity contribution in [1.82, 2.24) is 15.3 Å². The maximum Gasteiger partial charge on any atom is 0.335 e. The van der Waals surface area contributed by atoms with Crippen molar-refractivity contribution in [1.29, 1.82) is 0 Å². The largest absolute Gasteiger partial charge is 0.497 e. The zero-order valence-corrected chi connectivity index (χ0v) is 17.6. The van der Waals surface area contributed by atoms with Gasteiger partial charge in [0.05, 0.1) is 31.1 Å². The number of carbonyl (C=O) groups is 2. The molecule has 33 heavy (non-hydrogen) atoms. The molecule has 9 nitrogen and oxygen atoms in total. The molecule has 166 valence electrons. The number of amides is 1. The molecule has 0 fully saturated rings. The van der Waals surface area contributed by atoms with Gasteiger partial charge in [-0.15, -0.1) is 0 Å². The minimum atomic E-state index is -1.00. The molecule has 0 aliphatic rings. The van der Waals surface area contributed by atoms with Crippen LogP contribution in [0, 0.1) is 0 Å². The van der Waals surface area contributed by atoms with Crippen molar-refractivity contribution in [3.63, 3.8) is 0 Å². The molecule has 2 heterocycles. The van der Waals surface area contributed by atoms with Gasteiger partial charge in [-0.1, -0.05) is 18.2 Å². The minimum Gasteiger partial charge on any atom is -0.497 e. The maximum absolute atomic E-state index is 12.7. The van der Waals surface area contributed by atoms with Gasteiger partial charge in [-0.25, -0.2) is 9.78 Å². The fourth-order valence-corrected chi connectivity index (χ4v) is 3.06. The maximum atomic E-state index is 12.7. The molecule has 0 saturated heterocycles. The van der Waals surface area contributed by atoms with E-state index in [0.29, 0.717) is 34.9 Å². The number of ether oxygens (including phenoxy) is 1. The molecule has 3 N–H and O–H groups in total. The van der Waals surface area contributed by atoms with E-state index < -0.39 is 5.97 Å². The van der Waals surface area contributed by atoms with Gasteiger partial charge >= 0.3 is 5.97 Å². The molecule has 1 amide bonds. The van der Waals surface area contributed by atoms with Crippen LogP contribution in [0.1, 0.15) is 26.4 Å². The minimum absolute atomic E-state index is 0.182. The van der Waals surface area contributed by atoms with Crippen LogP contribution in [0.5, 0.6) is 5.75 Å². The second kappa shape index (κ2) is 9.65. The van der Waals surface area contributed by atoms with E-state index in [9.17, 15) is 9.59 Å². The first-order valence-corrected chi connectivity index (χ1v) is 9.95. The van der Waals surface area contributed by atoms with E-state index in [0.717, 1.165) is 5.69 Å². The number of benzene rings is 2. The number of aromatic carboxylic acids is 1. The summed E-state index contributed by atoms with van der Waals surface area (Å²) in [5, 5.41) is 14.9. The molecule has 0 aliphatic heterocycles. The number of nitrogens with one attached hydrogen (secondary N) is 2. The number of hydrogen-bond donors (Lipinski definition) is 3. The van der Waals surface area contributed by atoms with Crippen molar-refractivity contribution in [3.8, 4) is 17.1 Å². The Hall–Kier alpha value is -4.66. The second-order valence-corrected chi connectivity index (χ2v) is 6.99. The zero-order valence-electron chi connectivity index (χ0n) is 17.6. The van der Waals surface area contributed by atoms with Gasteiger partial charge in [-0.05, 0) is 36.4 Å². The summed E-state index contributed by atoms with van der Waals surface area (Å²) in [4.78, 5) is 32.1. The number of oxazole rings is 1. The third-order valence-electron chi connectivity index (χ3n) is 4.73. The zero-order chi connectivity index (χ0) is 23.2. The summed E-state index contributed by atoms with van der Waals surface area (Å²) in [6.45, 7) is 0.295. The molecule has 4 aromatic rings. The van der Waals surface area contributed by atoms with Gasteiger partial charge in [0.2, 0.25) is 0 Å². The third kappa shape index (κ3) is 5.34. The van der Waals surface area contributed by atoms with E-state index in [4.69, 9.17) is 14.3 Å². The van der Waals surface area contributed by atoms with Crippen LogP contribution in [-0.2, 0) is 6.54 Å². The number of methoxy groups -OCH3 is 1. The summed E-state index contributed by atoms with van der Waals surface area (Å²) in [5.41, 5.74) is 2.55. The molecule has 0 aliphatic carbocycles. The highest BCUT2D eigenvalue weighted by Crippen LogP contribution is 2.27. The van der Waals surface area contributed by atoms with Crippen molar-refractivity contribution >= 4 is 23.6 Å². The first kappa shape index (κ1) is 21.6. The van der Waals surface area contributed by atoms with Gasteiger partial charge in [0, 0.05) is 29.1 Å². The molecule has 0 atom stereocenters. The van der Waals surface area contributed by atoms with Gasteiger partial charge in [0.15, 0.2) is 5.76 Å². The van der Waals surface area contributed by atoms with Crippen LogP contribution in [0.3, 0.4) is 0 Å². The fraction of sp³-hybridized carbons (Fsp3) is 0.0833.